The number of aryl methyl sites for hydroxylation is 2. The van der Waals surface area contributed by atoms with Crippen molar-refractivity contribution in [2.45, 2.75) is 18.7 Å². The Hall–Kier alpha value is -0.880. The molecular weight excluding hydrogens is 306 g/mol. The van der Waals surface area contributed by atoms with Crippen LogP contribution in [0.2, 0.25) is 0 Å². The highest BCUT2D eigenvalue weighted by atomic mass is 79.9. The van der Waals surface area contributed by atoms with Gasteiger partial charge in [0, 0.05) is 11.4 Å². The van der Waals surface area contributed by atoms with Gasteiger partial charge < -0.3 is 10.1 Å². The van der Waals surface area contributed by atoms with Crippen LogP contribution in [0, 0.1) is 13.8 Å². The number of ether oxygens (including phenoxy) is 1. The van der Waals surface area contributed by atoms with Gasteiger partial charge in [0.15, 0.2) is 0 Å². The van der Waals surface area contributed by atoms with Gasteiger partial charge in [-0.3, -0.25) is 9.59 Å². The molecule has 1 heterocycles. The molecule has 0 aliphatic heterocycles. The molecule has 4 nitrogen and oxygen atoms in total. The van der Waals surface area contributed by atoms with E-state index in [9.17, 15) is 9.59 Å². The van der Waals surface area contributed by atoms with Crippen LogP contribution >= 0.6 is 27.3 Å². The Kier molecular flexibility index (Phi) is 5.14. The summed E-state index contributed by atoms with van der Waals surface area (Å²) < 4.78 is 4.54. The van der Waals surface area contributed by atoms with Crippen molar-refractivity contribution < 1.29 is 14.3 Å². The quantitative estimate of drug-likeness (QED) is 0.682. The van der Waals surface area contributed by atoms with Gasteiger partial charge in [-0.25, -0.2) is 0 Å². The Morgan fingerprint density at radius 1 is 1.53 bits per heavy atom. The minimum Gasteiger partial charge on any atom is -0.468 e. The molecule has 6 heteroatoms. The van der Waals surface area contributed by atoms with E-state index in [1.54, 1.807) is 0 Å². The number of alkyl halides is 1. The maximum Gasteiger partial charge on any atom is 0.321 e. The zero-order valence-corrected chi connectivity index (χ0v) is 12.3. The number of thiophene rings is 1. The van der Waals surface area contributed by atoms with Gasteiger partial charge in [-0.2, -0.15) is 0 Å². The van der Waals surface area contributed by atoms with E-state index in [0.717, 1.165) is 10.4 Å². The molecular formula is C11H14BrNO3S. The van der Waals surface area contributed by atoms with Crippen LogP contribution in [0.25, 0.3) is 0 Å². The number of rotatable bonds is 4. The average molecular weight is 320 g/mol. The van der Waals surface area contributed by atoms with Gasteiger partial charge in [0.25, 0.3) is 5.91 Å². The van der Waals surface area contributed by atoms with Crippen molar-refractivity contribution in [3.63, 3.8) is 0 Å². The fraction of sp³-hybridized carbons (Fsp3) is 0.455. The standard InChI is InChI=1S/C11H14BrNO3S/c1-6-4-9(17-7(6)2)10(14)13-5-8(12)11(15)16-3/h4,8H,5H2,1-3H3,(H,13,14). The molecule has 1 amide bonds. The van der Waals surface area contributed by atoms with Crippen molar-refractivity contribution in [3.05, 3.63) is 21.4 Å². The molecule has 0 radical (unpaired) electrons. The fourth-order valence-electron chi connectivity index (χ4n) is 1.17. The highest BCUT2D eigenvalue weighted by Crippen LogP contribution is 2.20. The van der Waals surface area contributed by atoms with Crippen LogP contribution in [0.3, 0.4) is 0 Å². The van der Waals surface area contributed by atoms with Gasteiger partial charge in [0.1, 0.15) is 4.83 Å². The van der Waals surface area contributed by atoms with E-state index in [1.807, 2.05) is 19.9 Å². The van der Waals surface area contributed by atoms with Gasteiger partial charge in [-0.1, -0.05) is 15.9 Å². The largest absolute Gasteiger partial charge is 0.468 e. The van der Waals surface area contributed by atoms with Crippen molar-refractivity contribution in [1.29, 1.82) is 0 Å². The summed E-state index contributed by atoms with van der Waals surface area (Å²) in [6.45, 7) is 4.14. The molecule has 0 aliphatic rings. The molecule has 17 heavy (non-hydrogen) atoms. The fourth-order valence-corrected chi connectivity index (χ4v) is 2.46. The van der Waals surface area contributed by atoms with E-state index in [4.69, 9.17) is 0 Å². The highest BCUT2D eigenvalue weighted by molar-refractivity contribution is 9.10. The monoisotopic (exact) mass is 319 g/mol. The minimum atomic E-state index is -0.515. The first kappa shape index (κ1) is 14.2. The number of carbonyl (C=O) groups is 2. The van der Waals surface area contributed by atoms with Crippen LogP contribution in [0.5, 0.6) is 0 Å². The van der Waals surface area contributed by atoms with E-state index in [-0.39, 0.29) is 12.5 Å². The van der Waals surface area contributed by atoms with E-state index in [1.165, 1.54) is 18.4 Å². The summed E-state index contributed by atoms with van der Waals surface area (Å²) in [6, 6.07) is 1.84. The number of methoxy groups -OCH3 is 1. The Morgan fingerprint density at radius 2 is 2.18 bits per heavy atom. The molecule has 1 atom stereocenters. The number of esters is 1. The van der Waals surface area contributed by atoms with Crippen molar-refractivity contribution in [2.75, 3.05) is 13.7 Å². The maximum absolute atomic E-state index is 11.8. The predicted octanol–water partition coefficient (Wildman–Crippen LogP) is 2.03. The smallest absolute Gasteiger partial charge is 0.321 e. The van der Waals surface area contributed by atoms with Crippen molar-refractivity contribution in [3.8, 4) is 0 Å². The molecule has 0 aliphatic carbocycles. The molecule has 1 unspecified atom stereocenters. The summed E-state index contributed by atoms with van der Waals surface area (Å²) >= 11 is 4.58. The Balaban J connectivity index is 2.53. The first-order valence-electron chi connectivity index (χ1n) is 5.02. The number of halogens is 1. The first-order chi connectivity index (χ1) is 7.95. The Bertz CT molecular complexity index is 411. The molecule has 94 valence electrons. The van der Waals surface area contributed by atoms with E-state index in [0.29, 0.717) is 4.88 Å². The summed E-state index contributed by atoms with van der Waals surface area (Å²) in [7, 11) is 1.31. The zero-order chi connectivity index (χ0) is 13.0. The third-order valence-electron chi connectivity index (χ3n) is 2.29. The van der Waals surface area contributed by atoms with Crippen LogP contribution in [-0.2, 0) is 9.53 Å². The first-order valence-corrected chi connectivity index (χ1v) is 6.76. The molecule has 0 spiro atoms. The molecule has 1 aromatic heterocycles. The molecule has 1 rings (SSSR count). The van der Waals surface area contributed by atoms with Gasteiger partial charge in [0.2, 0.25) is 0 Å². The Morgan fingerprint density at radius 3 is 2.65 bits per heavy atom. The third kappa shape index (κ3) is 3.81. The van der Waals surface area contributed by atoms with Crippen molar-refractivity contribution >= 4 is 39.1 Å². The van der Waals surface area contributed by atoms with Gasteiger partial charge >= 0.3 is 5.97 Å². The topological polar surface area (TPSA) is 55.4 Å². The number of nitrogens with one attached hydrogen (secondary N) is 1. The van der Waals surface area contributed by atoms with Crippen LogP contribution in [0.4, 0.5) is 0 Å². The van der Waals surface area contributed by atoms with Crippen molar-refractivity contribution in [1.82, 2.24) is 5.32 Å². The van der Waals surface area contributed by atoms with Gasteiger partial charge in [-0.15, -0.1) is 11.3 Å². The van der Waals surface area contributed by atoms with Gasteiger partial charge in [-0.05, 0) is 25.5 Å². The van der Waals surface area contributed by atoms with Crippen LogP contribution < -0.4 is 5.32 Å². The van der Waals surface area contributed by atoms with Crippen LogP contribution in [0.1, 0.15) is 20.1 Å². The number of hydrogen-bond donors (Lipinski definition) is 1. The molecule has 1 N–H and O–H groups in total. The number of amides is 1. The number of hydrogen-bond acceptors (Lipinski definition) is 4. The maximum atomic E-state index is 11.8. The summed E-state index contributed by atoms with van der Waals surface area (Å²) in [6.07, 6.45) is 0. The average Bonchev–Trinajstić information content (AvgIpc) is 2.65. The third-order valence-corrected chi connectivity index (χ3v) is 4.14. The lowest BCUT2D eigenvalue weighted by Gasteiger charge is -2.08. The lowest BCUT2D eigenvalue weighted by molar-refractivity contribution is -0.139. The SMILES string of the molecule is COC(=O)C(Br)CNC(=O)c1cc(C)c(C)s1. The van der Waals surface area contributed by atoms with E-state index in [2.05, 4.69) is 26.0 Å². The second-order valence-electron chi connectivity index (χ2n) is 3.55. The minimum absolute atomic E-state index is 0.167. The molecule has 0 saturated heterocycles. The zero-order valence-electron chi connectivity index (χ0n) is 9.87. The van der Waals surface area contributed by atoms with Crippen LogP contribution in [0.15, 0.2) is 6.07 Å². The highest BCUT2D eigenvalue weighted by Gasteiger charge is 2.17. The Labute approximate surface area is 112 Å². The molecule has 0 fully saturated rings. The van der Waals surface area contributed by atoms with Gasteiger partial charge in [0.05, 0.1) is 12.0 Å². The van der Waals surface area contributed by atoms with E-state index < -0.39 is 10.8 Å². The predicted molar refractivity (Wildman–Crippen MR) is 70.9 cm³/mol. The normalized spacial score (nSPS) is 12.0. The summed E-state index contributed by atoms with van der Waals surface area (Å²) in [5.41, 5.74) is 1.10. The second-order valence-corrected chi connectivity index (χ2v) is 5.91. The van der Waals surface area contributed by atoms with Crippen LogP contribution in [-0.4, -0.2) is 30.4 Å². The summed E-state index contributed by atoms with van der Waals surface area (Å²) in [4.78, 5) is 24.1. The van der Waals surface area contributed by atoms with E-state index >= 15 is 0 Å². The molecule has 1 aromatic rings. The van der Waals surface area contributed by atoms with Crippen molar-refractivity contribution in [2.24, 2.45) is 0 Å². The number of carbonyl (C=O) groups excluding carboxylic acids is 2. The molecule has 0 aromatic carbocycles. The molecule has 0 bridgehead atoms. The second kappa shape index (κ2) is 6.16. The molecule has 0 saturated carbocycles. The summed E-state index contributed by atoms with van der Waals surface area (Å²) in [5.74, 6) is -0.566. The lowest BCUT2D eigenvalue weighted by Crippen LogP contribution is -2.33. The lowest BCUT2D eigenvalue weighted by atomic mass is 10.3. The summed E-state index contributed by atoms with van der Waals surface area (Å²) in [5, 5.41) is 2.68.